The maximum absolute atomic E-state index is 13.5. The van der Waals surface area contributed by atoms with Crippen LogP contribution < -0.4 is 15.5 Å². The van der Waals surface area contributed by atoms with Crippen LogP contribution in [0.25, 0.3) is 0 Å². The van der Waals surface area contributed by atoms with Crippen molar-refractivity contribution in [2.75, 3.05) is 10.2 Å². The largest absolute Gasteiger partial charge is 0.393 e. The fourth-order valence-electron chi connectivity index (χ4n) is 4.78. The van der Waals surface area contributed by atoms with Crippen molar-refractivity contribution in [1.82, 2.24) is 20.0 Å². The molecule has 32 heavy (non-hydrogen) atoms. The van der Waals surface area contributed by atoms with Gasteiger partial charge in [0.25, 0.3) is 0 Å². The molecule has 2 aromatic rings. The molecule has 1 saturated heterocycles. The van der Waals surface area contributed by atoms with Gasteiger partial charge < -0.3 is 20.6 Å². The third kappa shape index (κ3) is 3.25. The smallest absolute Gasteiger partial charge is 0.322 e. The number of halogens is 3. The molecule has 5 rings (SSSR count). The van der Waals surface area contributed by atoms with Crippen LogP contribution in [0.4, 0.5) is 34.1 Å². The Kier molecular flexibility index (Phi) is 4.77. The summed E-state index contributed by atoms with van der Waals surface area (Å²) in [5.41, 5.74) is 0.971. The zero-order valence-electron chi connectivity index (χ0n) is 17.1. The van der Waals surface area contributed by atoms with Gasteiger partial charge in [0.15, 0.2) is 17.5 Å². The third-order valence-electron chi connectivity index (χ3n) is 6.33. The number of hydrogen-bond acceptors (Lipinski definition) is 4. The van der Waals surface area contributed by atoms with Gasteiger partial charge in [0.1, 0.15) is 0 Å². The summed E-state index contributed by atoms with van der Waals surface area (Å²) < 4.78 is 41.9. The van der Waals surface area contributed by atoms with Gasteiger partial charge in [0.2, 0.25) is 0 Å². The van der Waals surface area contributed by atoms with Crippen LogP contribution in [0.5, 0.6) is 0 Å². The van der Waals surface area contributed by atoms with Crippen LogP contribution in [0.1, 0.15) is 25.5 Å². The van der Waals surface area contributed by atoms with Crippen LogP contribution in [-0.4, -0.2) is 56.1 Å². The SMILES string of the molecule is C[C@H]1Cn2ncc(N3C(=O)NC4CC(O)CC43)c2CN1C(=O)Nc1cc(F)c(F)c(F)c1. The number of hydrogen-bond donors (Lipinski definition) is 3. The zero-order valence-corrected chi connectivity index (χ0v) is 17.1. The summed E-state index contributed by atoms with van der Waals surface area (Å²) >= 11 is 0. The Hall–Kier alpha value is -3.28. The van der Waals surface area contributed by atoms with Crippen molar-refractivity contribution in [2.45, 2.75) is 57.1 Å². The lowest BCUT2D eigenvalue weighted by atomic mass is 10.1. The summed E-state index contributed by atoms with van der Waals surface area (Å²) in [6.07, 6.45) is 1.99. The van der Waals surface area contributed by atoms with Crippen molar-refractivity contribution in [1.29, 1.82) is 0 Å². The number of nitrogens with zero attached hydrogens (tertiary/aromatic N) is 4. The van der Waals surface area contributed by atoms with Gasteiger partial charge in [-0.05, 0) is 19.8 Å². The first-order valence-corrected chi connectivity index (χ1v) is 10.3. The molecule has 2 fully saturated rings. The molecule has 3 aliphatic rings. The molecule has 9 nitrogen and oxygen atoms in total. The normalized spacial score (nSPS) is 26.7. The monoisotopic (exact) mass is 450 g/mol. The predicted octanol–water partition coefficient (Wildman–Crippen LogP) is 2.16. The molecule has 1 aliphatic carbocycles. The van der Waals surface area contributed by atoms with Crippen molar-refractivity contribution < 1.29 is 27.9 Å². The molecule has 3 N–H and O–H groups in total. The number of nitrogens with one attached hydrogen (secondary N) is 2. The first kappa shape index (κ1) is 20.6. The first-order chi connectivity index (χ1) is 15.2. The summed E-state index contributed by atoms with van der Waals surface area (Å²) in [6.45, 7) is 2.24. The van der Waals surface area contributed by atoms with Crippen LogP contribution in [0.3, 0.4) is 0 Å². The molecule has 3 heterocycles. The number of fused-ring (bicyclic) bond motifs is 2. The number of aromatic nitrogens is 2. The van der Waals surface area contributed by atoms with E-state index in [9.17, 15) is 27.9 Å². The van der Waals surface area contributed by atoms with Gasteiger partial charge in [-0.3, -0.25) is 9.58 Å². The van der Waals surface area contributed by atoms with Crippen LogP contribution >= 0.6 is 0 Å². The molecule has 1 aromatic heterocycles. The lowest BCUT2D eigenvalue weighted by molar-refractivity contribution is 0.161. The van der Waals surface area contributed by atoms with Crippen LogP contribution in [-0.2, 0) is 13.1 Å². The summed E-state index contributed by atoms with van der Waals surface area (Å²) in [4.78, 5) is 28.5. The van der Waals surface area contributed by atoms with E-state index in [2.05, 4.69) is 15.7 Å². The second-order valence-electron chi connectivity index (χ2n) is 8.44. The minimum Gasteiger partial charge on any atom is -0.393 e. The van der Waals surface area contributed by atoms with Crippen LogP contribution in [0.15, 0.2) is 18.3 Å². The minimum atomic E-state index is -1.61. The standard InChI is InChI=1S/C20H21F3N6O3/c1-9-7-28-17(8-27(9)19(31)25-10-2-12(21)18(23)13(22)3-10)16(6-24-28)29-15-5-11(30)4-14(15)26-20(29)32/h2-3,6,9,11,14-15,30H,4-5,7-8H2,1H3,(H,25,31)(H,26,32)/t9-,11?,14?,15?/m0/s1. The minimum absolute atomic E-state index is 0.0954. The van der Waals surface area contributed by atoms with Gasteiger partial charge in [0.05, 0.1) is 54.9 Å². The van der Waals surface area contributed by atoms with E-state index in [-0.39, 0.29) is 36.4 Å². The highest BCUT2D eigenvalue weighted by atomic mass is 19.2. The number of benzene rings is 1. The number of aliphatic hydroxyl groups excluding tert-OH is 1. The van der Waals surface area contributed by atoms with Gasteiger partial charge in [-0.2, -0.15) is 5.10 Å². The van der Waals surface area contributed by atoms with Crippen molar-refractivity contribution in [2.24, 2.45) is 0 Å². The topological polar surface area (TPSA) is 103 Å². The molecule has 170 valence electrons. The van der Waals surface area contributed by atoms with Crippen LogP contribution in [0, 0.1) is 17.5 Å². The predicted molar refractivity (Wildman–Crippen MR) is 106 cm³/mol. The lowest BCUT2D eigenvalue weighted by Gasteiger charge is -2.35. The maximum atomic E-state index is 13.5. The van der Waals surface area contributed by atoms with E-state index in [1.165, 1.54) is 4.90 Å². The molecule has 4 amide bonds. The van der Waals surface area contributed by atoms with Crippen molar-refractivity contribution >= 4 is 23.4 Å². The maximum Gasteiger partial charge on any atom is 0.322 e. The summed E-state index contributed by atoms with van der Waals surface area (Å²) in [5, 5.41) is 19.6. The third-order valence-corrected chi connectivity index (χ3v) is 6.33. The highest BCUT2D eigenvalue weighted by Gasteiger charge is 2.48. The number of rotatable bonds is 2. The average Bonchev–Trinajstić information content (AvgIpc) is 3.36. The van der Waals surface area contributed by atoms with Crippen LogP contribution in [0.2, 0.25) is 0 Å². The Morgan fingerprint density at radius 3 is 2.69 bits per heavy atom. The summed E-state index contributed by atoms with van der Waals surface area (Å²) in [6, 6.07) is -0.159. The Bertz CT molecular complexity index is 1090. The molecule has 1 aromatic carbocycles. The van der Waals surface area contributed by atoms with Crippen molar-refractivity contribution in [3.63, 3.8) is 0 Å². The quantitative estimate of drug-likeness (QED) is 0.610. The van der Waals surface area contributed by atoms with Gasteiger partial charge in [0, 0.05) is 17.8 Å². The Morgan fingerprint density at radius 2 is 1.97 bits per heavy atom. The van der Waals surface area contributed by atoms with E-state index in [4.69, 9.17) is 0 Å². The zero-order chi connectivity index (χ0) is 22.7. The number of carbonyl (C=O) groups is 2. The number of amides is 4. The van der Waals surface area contributed by atoms with E-state index in [0.29, 0.717) is 42.9 Å². The highest BCUT2D eigenvalue weighted by Crippen LogP contribution is 2.36. The average molecular weight is 450 g/mol. The number of aliphatic hydroxyl groups is 1. The summed E-state index contributed by atoms with van der Waals surface area (Å²) in [5.74, 6) is -4.41. The van der Waals surface area contributed by atoms with Gasteiger partial charge >= 0.3 is 12.1 Å². The molecule has 4 atom stereocenters. The van der Waals surface area contributed by atoms with Crippen molar-refractivity contribution in [3.05, 3.63) is 41.5 Å². The Morgan fingerprint density at radius 1 is 1.25 bits per heavy atom. The molecular weight excluding hydrogens is 429 g/mol. The number of anilines is 2. The van der Waals surface area contributed by atoms with E-state index < -0.39 is 29.6 Å². The fraction of sp³-hybridized carbons (Fsp3) is 0.450. The highest BCUT2D eigenvalue weighted by molar-refractivity contribution is 5.96. The second-order valence-corrected chi connectivity index (χ2v) is 8.44. The lowest BCUT2D eigenvalue weighted by Crippen LogP contribution is -2.47. The molecule has 0 bridgehead atoms. The number of urea groups is 2. The molecule has 1 saturated carbocycles. The molecule has 0 radical (unpaired) electrons. The Labute approximate surface area is 180 Å². The van der Waals surface area contributed by atoms with Crippen molar-refractivity contribution in [3.8, 4) is 0 Å². The van der Waals surface area contributed by atoms with E-state index in [0.717, 1.165) is 0 Å². The Balaban J connectivity index is 1.39. The molecular formula is C20H21F3N6O3. The molecule has 3 unspecified atom stereocenters. The summed E-state index contributed by atoms with van der Waals surface area (Å²) in [7, 11) is 0. The first-order valence-electron chi connectivity index (χ1n) is 10.3. The fourth-order valence-corrected chi connectivity index (χ4v) is 4.78. The molecule has 2 aliphatic heterocycles. The van der Waals surface area contributed by atoms with E-state index in [1.807, 2.05) is 0 Å². The van der Waals surface area contributed by atoms with Gasteiger partial charge in [-0.15, -0.1) is 0 Å². The van der Waals surface area contributed by atoms with Gasteiger partial charge in [-0.25, -0.2) is 22.8 Å². The second kappa shape index (κ2) is 7.40. The molecule has 12 heteroatoms. The van der Waals surface area contributed by atoms with E-state index >= 15 is 0 Å². The molecule has 0 spiro atoms. The van der Waals surface area contributed by atoms with Gasteiger partial charge in [-0.1, -0.05) is 0 Å². The van der Waals surface area contributed by atoms with E-state index in [1.54, 1.807) is 22.7 Å². The number of carbonyl (C=O) groups excluding carboxylic acids is 2.